The van der Waals surface area contributed by atoms with Crippen molar-refractivity contribution in [2.45, 2.75) is 18.9 Å². The van der Waals surface area contributed by atoms with Crippen LogP contribution >= 0.6 is 0 Å². The third-order valence-electron chi connectivity index (χ3n) is 4.95. The van der Waals surface area contributed by atoms with E-state index in [1.54, 1.807) is 6.33 Å². The topological polar surface area (TPSA) is 53.5 Å². The molecule has 0 amide bonds. The lowest BCUT2D eigenvalue weighted by molar-refractivity contribution is 0.122. The molecule has 2 aliphatic rings. The van der Waals surface area contributed by atoms with Gasteiger partial charge in [-0.15, -0.1) is 0 Å². The SMILES string of the molecule is Fc1ccc(N2CCC[C@@H](Nc3cc(N4CCOCC4)ncn3)C2)cc1. The van der Waals surface area contributed by atoms with Gasteiger partial charge in [-0.2, -0.15) is 0 Å². The fourth-order valence-corrected chi connectivity index (χ4v) is 3.58. The van der Waals surface area contributed by atoms with Gasteiger partial charge in [-0.3, -0.25) is 0 Å². The number of nitrogens with one attached hydrogen (secondary N) is 1. The molecule has 0 bridgehead atoms. The molecule has 2 saturated heterocycles. The van der Waals surface area contributed by atoms with Crippen molar-refractivity contribution in [2.24, 2.45) is 0 Å². The summed E-state index contributed by atoms with van der Waals surface area (Å²) in [5.74, 6) is 1.60. The zero-order valence-electron chi connectivity index (χ0n) is 14.8. The molecule has 0 unspecified atom stereocenters. The Labute approximate surface area is 153 Å². The molecule has 2 fully saturated rings. The Morgan fingerprint density at radius 1 is 1.04 bits per heavy atom. The number of piperidine rings is 1. The van der Waals surface area contributed by atoms with Crippen LogP contribution in [-0.2, 0) is 4.74 Å². The van der Waals surface area contributed by atoms with Crippen molar-refractivity contribution in [1.29, 1.82) is 0 Å². The quantitative estimate of drug-likeness (QED) is 0.908. The first kappa shape index (κ1) is 17.0. The number of hydrogen-bond acceptors (Lipinski definition) is 6. The predicted octanol–water partition coefficient (Wildman–Crippen LogP) is 2.53. The highest BCUT2D eigenvalue weighted by molar-refractivity contribution is 5.51. The largest absolute Gasteiger partial charge is 0.378 e. The Morgan fingerprint density at radius 3 is 2.65 bits per heavy atom. The molecule has 0 aliphatic carbocycles. The summed E-state index contributed by atoms with van der Waals surface area (Å²) in [6.45, 7) is 5.07. The van der Waals surface area contributed by atoms with Gasteiger partial charge in [0.1, 0.15) is 23.8 Å². The second-order valence-corrected chi connectivity index (χ2v) is 6.77. The van der Waals surface area contributed by atoms with Crippen LogP contribution in [0.15, 0.2) is 36.7 Å². The minimum absolute atomic E-state index is 0.197. The average Bonchev–Trinajstić information content (AvgIpc) is 2.70. The number of ether oxygens (including phenoxy) is 1. The van der Waals surface area contributed by atoms with E-state index in [9.17, 15) is 4.39 Å². The minimum atomic E-state index is -0.197. The Hall–Kier alpha value is -2.41. The fourth-order valence-electron chi connectivity index (χ4n) is 3.58. The Morgan fingerprint density at radius 2 is 1.85 bits per heavy atom. The van der Waals surface area contributed by atoms with Gasteiger partial charge in [0.05, 0.1) is 13.2 Å². The summed E-state index contributed by atoms with van der Waals surface area (Å²) < 4.78 is 18.6. The van der Waals surface area contributed by atoms with Crippen molar-refractivity contribution < 1.29 is 9.13 Å². The summed E-state index contributed by atoms with van der Waals surface area (Å²) >= 11 is 0. The average molecular weight is 357 g/mol. The Bertz CT molecular complexity index is 720. The molecule has 26 heavy (non-hydrogen) atoms. The molecule has 0 spiro atoms. The zero-order valence-corrected chi connectivity index (χ0v) is 14.8. The van der Waals surface area contributed by atoms with Gasteiger partial charge in [0.15, 0.2) is 0 Å². The van der Waals surface area contributed by atoms with Crippen LogP contribution in [0.1, 0.15) is 12.8 Å². The number of hydrogen-bond donors (Lipinski definition) is 1. The van der Waals surface area contributed by atoms with Crippen LogP contribution in [0.25, 0.3) is 0 Å². The lowest BCUT2D eigenvalue weighted by Gasteiger charge is -2.35. The molecule has 0 saturated carbocycles. The standard InChI is InChI=1S/C19H24FN5O/c20-15-3-5-17(6-4-15)25-7-1-2-16(13-25)23-18-12-19(22-14-21-18)24-8-10-26-11-9-24/h3-6,12,14,16H,1-2,7-11,13H2,(H,21,22,23)/t16-/m1/s1. The first-order valence-electron chi connectivity index (χ1n) is 9.20. The maximum atomic E-state index is 13.2. The third-order valence-corrected chi connectivity index (χ3v) is 4.95. The molecule has 2 aromatic rings. The van der Waals surface area contributed by atoms with Crippen LogP contribution < -0.4 is 15.1 Å². The molecule has 7 heteroatoms. The molecule has 0 radical (unpaired) electrons. The van der Waals surface area contributed by atoms with Gasteiger partial charge >= 0.3 is 0 Å². The van der Waals surface area contributed by atoms with Crippen molar-refractivity contribution in [3.05, 3.63) is 42.5 Å². The molecular formula is C19H24FN5O. The summed E-state index contributed by atoms with van der Waals surface area (Å²) in [5, 5.41) is 3.55. The number of benzene rings is 1. The Kier molecular flexibility index (Phi) is 5.15. The van der Waals surface area contributed by atoms with E-state index in [4.69, 9.17) is 4.74 Å². The molecule has 2 aliphatic heterocycles. The van der Waals surface area contributed by atoms with Gasteiger partial charge in [0.2, 0.25) is 0 Å². The second-order valence-electron chi connectivity index (χ2n) is 6.77. The van der Waals surface area contributed by atoms with Crippen molar-refractivity contribution in [1.82, 2.24) is 9.97 Å². The van der Waals surface area contributed by atoms with E-state index in [1.807, 2.05) is 18.2 Å². The fraction of sp³-hybridized carbons (Fsp3) is 0.474. The molecule has 4 rings (SSSR count). The predicted molar refractivity (Wildman–Crippen MR) is 100 cm³/mol. The van der Waals surface area contributed by atoms with Crippen LogP contribution in [0.3, 0.4) is 0 Å². The second kappa shape index (κ2) is 7.86. The number of nitrogens with zero attached hydrogens (tertiary/aromatic N) is 4. The monoisotopic (exact) mass is 357 g/mol. The molecule has 1 aromatic carbocycles. The first-order valence-corrected chi connectivity index (χ1v) is 9.20. The van der Waals surface area contributed by atoms with Gasteiger partial charge in [-0.05, 0) is 37.1 Å². The maximum Gasteiger partial charge on any atom is 0.134 e. The van der Waals surface area contributed by atoms with E-state index in [0.29, 0.717) is 6.04 Å². The van der Waals surface area contributed by atoms with Gasteiger partial charge in [-0.1, -0.05) is 0 Å². The molecule has 138 valence electrons. The van der Waals surface area contributed by atoms with Gasteiger partial charge in [0, 0.05) is 44.0 Å². The molecular weight excluding hydrogens is 333 g/mol. The van der Waals surface area contributed by atoms with E-state index in [-0.39, 0.29) is 5.82 Å². The third kappa shape index (κ3) is 4.04. The number of aromatic nitrogens is 2. The van der Waals surface area contributed by atoms with Crippen LogP contribution in [-0.4, -0.2) is 55.4 Å². The smallest absolute Gasteiger partial charge is 0.134 e. The summed E-state index contributed by atoms with van der Waals surface area (Å²) in [4.78, 5) is 13.3. The molecule has 6 nitrogen and oxygen atoms in total. The van der Waals surface area contributed by atoms with Gasteiger partial charge in [0.25, 0.3) is 0 Å². The van der Waals surface area contributed by atoms with Crippen molar-refractivity contribution >= 4 is 17.3 Å². The number of anilines is 3. The van der Waals surface area contributed by atoms with E-state index < -0.39 is 0 Å². The summed E-state index contributed by atoms with van der Waals surface area (Å²) in [6, 6.07) is 9.05. The zero-order chi connectivity index (χ0) is 17.8. The highest BCUT2D eigenvalue weighted by Gasteiger charge is 2.21. The number of rotatable bonds is 4. The number of halogens is 1. The molecule has 1 aromatic heterocycles. The molecule has 3 heterocycles. The van der Waals surface area contributed by atoms with Crippen LogP contribution in [0.5, 0.6) is 0 Å². The van der Waals surface area contributed by atoms with Crippen LogP contribution in [0.2, 0.25) is 0 Å². The van der Waals surface area contributed by atoms with Crippen LogP contribution in [0, 0.1) is 5.82 Å². The first-order chi connectivity index (χ1) is 12.8. The minimum Gasteiger partial charge on any atom is -0.378 e. The van der Waals surface area contributed by atoms with E-state index >= 15 is 0 Å². The van der Waals surface area contributed by atoms with E-state index in [1.165, 1.54) is 12.1 Å². The lowest BCUT2D eigenvalue weighted by atomic mass is 10.0. The summed E-state index contributed by atoms with van der Waals surface area (Å²) in [7, 11) is 0. The number of morpholine rings is 1. The lowest BCUT2D eigenvalue weighted by Crippen LogP contribution is -2.42. The summed E-state index contributed by atoms with van der Waals surface area (Å²) in [5.41, 5.74) is 1.06. The van der Waals surface area contributed by atoms with Crippen molar-refractivity contribution in [3.63, 3.8) is 0 Å². The highest BCUT2D eigenvalue weighted by Crippen LogP contribution is 2.23. The normalized spacial score (nSPS) is 20.9. The highest BCUT2D eigenvalue weighted by atomic mass is 19.1. The van der Waals surface area contributed by atoms with E-state index in [2.05, 4.69) is 25.1 Å². The molecule has 1 atom stereocenters. The summed E-state index contributed by atoms with van der Waals surface area (Å²) in [6.07, 6.45) is 3.80. The van der Waals surface area contributed by atoms with Gasteiger partial charge in [-0.25, -0.2) is 14.4 Å². The van der Waals surface area contributed by atoms with E-state index in [0.717, 1.165) is 69.6 Å². The molecule has 1 N–H and O–H groups in total. The van der Waals surface area contributed by atoms with Crippen molar-refractivity contribution in [3.8, 4) is 0 Å². The Balaban J connectivity index is 1.41. The maximum absolute atomic E-state index is 13.2. The van der Waals surface area contributed by atoms with Crippen LogP contribution in [0.4, 0.5) is 21.7 Å². The van der Waals surface area contributed by atoms with Gasteiger partial charge < -0.3 is 19.9 Å². The van der Waals surface area contributed by atoms with Crippen molar-refractivity contribution in [2.75, 3.05) is 54.5 Å².